The minimum Gasteiger partial charge on any atom is -0.497 e. The van der Waals surface area contributed by atoms with Gasteiger partial charge in [0.25, 0.3) is 0 Å². The first kappa shape index (κ1) is 17.1. The number of hydrogen-bond donors (Lipinski definition) is 0. The van der Waals surface area contributed by atoms with Crippen LogP contribution in [0.25, 0.3) is 0 Å². The molecule has 2 aromatic carbocycles. The summed E-state index contributed by atoms with van der Waals surface area (Å²) in [5.74, 6) is 0.195. The minimum absolute atomic E-state index is 0.403. The molecule has 5 rings (SSSR count). The zero-order valence-corrected chi connectivity index (χ0v) is 16.1. The highest BCUT2D eigenvalue weighted by atomic mass is 16.5. The van der Waals surface area contributed by atoms with E-state index in [1.165, 1.54) is 0 Å². The average molecular weight is 380 g/mol. The van der Waals surface area contributed by atoms with Gasteiger partial charge in [-0.2, -0.15) is 0 Å². The van der Waals surface area contributed by atoms with Crippen LogP contribution in [-0.4, -0.2) is 26.2 Å². The normalized spacial score (nSPS) is 31.9. The molecule has 4 atom stereocenters. The van der Waals surface area contributed by atoms with Crippen molar-refractivity contribution in [3.8, 4) is 23.0 Å². The molecule has 28 heavy (non-hydrogen) atoms. The van der Waals surface area contributed by atoms with Crippen molar-refractivity contribution >= 4 is 11.9 Å². The third-order valence-electron chi connectivity index (χ3n) is 7.08. The molecular formula is C22H20O6. The third-order valence-corrected chi connectivity index (χ3v) is 7.08. The molecule has 0 bridgehead atoms. The molecule has 2 aliphatic heterocycles. The van der Waals surface area contributed by atoms with Crippen molar-refractivity contribution in [1.82, 2.24) is 0 Å². The molecule has 1 aliphatic carbocycles. The van der Waals surface area contributed by atoms with Gasteiger partial charge in [-0.05, 0) is 12.1 Å². The van der Waals surface area contributed by atoms with Gasteiger partial charge in [0, 0.05) is 34.1 Å². The maximum absolute atomic E-state index is 12.9. The summed E-state index contributed by atoms with van der Waals surface area (Å²) in [6.45, 7) is 4.07. The molecule has 2 aromatic rings. The van der Waals surface area contributed by atoms with E-state index in [0.29, 0.717) is 23.0 Å². The summed E-state index contributed by atoms with van der Waals surface area (Å²) >= 11 is 0. The van der Waals surface area contributed by atoms with Gasteiger partial charge in [-0.15, -0.1) is 0 Å². The van der Waals surface area contributed by atoms with Crippen LogP contribution in [0.5, 0.6) is 23.0 Å². The Hall–Kier alpha value is -3.02. The first-order chi connectivity index (χ1) is 13.4. The van der Waals surface area contributed by atoms with Crippen LogP contribution in [0.1, 0.15) is 25.0 Å². The van der Waals surface area contributed by atoms with E-state index in [2.05, 4.69) is 0 Å². The van der Waals surface area contributed by atoms with Crippen molar-refractivity contribution in [2.45, 2.75) is 24.7 Å². The number of hydrogen-bond acceptors (Lipinski definition) is 6. The van der Waals surface area contributed by atoms with Crippen LogP contribution in [0.4, 0.5) is 0 Å². The van der Waals surface area contributed by atoms with Crippen molar-refractivity contribution in [3.63, 3.8) is 0 Å². The Morgan fingerprint density at radius 2 is 1.14 bits per heavy atom. The van der Waals surface area contributed by atoms with Crippen molar-refractivity contribution in [3.05, 3.63) is 47.5 Å². The maximum Gasteiger partial charge on any atom is 0.316 e. The van der Waals surface area contributed by atoms with E-state index in [-0.39, 0.29) is 0 Å². The van der Waals surface area contributed by atoms with Crippen molar-refractivity contribution < 1.29 is 28.5 Å². The van der Waals surface area contributed by atoms with Gasteiger partial charge in [0.15, 0.2) is 0 Å². The van der Waals surface area contributed by atoms with Crippen LogP contribution in [0.2, 0.25) is 0 Å². The zero-order chi connectivity index (χ0) is 19.8. The van der Waals surface area contributed by atoms with Gasteiger partial charge >= 0.3 is 11.9 Å². The molecule has 0 aromatic heterocycles. The number of fused-ring (bicyclic) bond motifs is 8. The SMILES string of the molecule is COc1ccc2c(c1)OC(=O)[C@H]1[C@H]3C(=O)Oc4cc(OC)ccc4[C@@]3(C)[C@@]21C. The Kier molecular flexibility index (Phi) is 3.22. The Bertz CT molecular complexity index is 960. The molecule has 6 nitrogen and oxygen atoms in total. The van der Waals surface area contributed by atoms with E-state index >= 15 is 0 Å². The first-order valence-electron chi connectivity index (χ1n) is 9.16. The van der Waals surface area contributed by atoms with E-state index in [1.807, 2.05) is 38.1 Å². The topological polar surface area (TPSA) is 71.1 Å². The average Bonchev–Trinajstić information content (AvgIpc) is 2.68. The second kappa shape index (κ2) is 5.28. The molecule has 0 N–H and O–H groups in total. The maximum atomic E-state index is 12.9. The summed E-state index contributed by atoms with van der Waals surface area (Å²) in [5.41, 5.74) is 0.565. The Morgan fingerprint density at radius 3 is 1.50 bits per heavy atom. The van der Waals surface area contributed by atoms with E-state index in [0.717, 1.165) is 11.1 Å². The molecule has 0 saturated heterocycles. The summed E-state index contributed by atoms with van der Waals surface area (Å²) in [5, 5.41) is 0. The predicted octanol–water partition coefficient (Wildman–Crippen LogP) is 3.00. The Morgan fingerprint density at radius 1 is 0.750 bits per heavy atom. The van der Waals surface area contributed by atoms with Crippen LogP contribution in [0, 0.1) is 11.8 Å². The van der Waals surface area contributed by atoms with Crippen LogP contribution in [0.3, 0.4) is 0 Å². The Balaban J connectivity index is 1.75. The fourth-order valence-electron chi connectivity index (χ4n) is 5.48. The number of carbonyl (C=O) groups excluding carboxylic acids is 2. The summed E-state index contributed by atoms with van der Waals surface area (Å²) in [6.07, 6.45) is 0. The zero-order valence-electron chi connectivity index (χ0n) is 16.1. The lowest BCUT2D eigenvalue weighted by molar-refractivity contribution is -0.186. The number of carbonyl (C=O) groups is 2. The molecule has 0 spiro atoms. The molecule has 0 amide bonds. The number of benzene rings is 2. The number of rotatable bonds is 2. The van der Waals surface area contributed by atoms with Gasteiger partial charge in [0.2, 0.25) is 0 Å². The molecule has 1 saturated carbocycles. The van der Waals surface area contributed by atoms with Crippen LogP contribution >= 0.6 is 0 Å². The van der Waals surface area contributed by atoms with E-state index < -0.39 is 34.6 Å². The summed E-state index contributed by atoms with van der Waals surface area (Å²) in [6, 6.07) is 11.0. The molecule has 3 aliphatic rings. The lowest BCUT2D eigenvalue weighted by atomic mass is 9.34. The second-order valence-corrected chi connectivity index (χ2v) is 7.93. The molecule has 0 radical (unpaired) electrons. The van der Waals surface area contributed by atoms with Crippen molar-refractivity contribution in [2.75, 3.05) is 14.2 Å². The fraction of sp³-hybridized carbons (Fsp3) is 0.364. The Labute approximate surface area is 162 Å². The van der Waals surface area contributed by atoms with Gasteiger partial charge < -0.3 is 18.9 Å². The van der Waals surface area contributed by atoms with Gasteiger partial charge in [-0.3, -0.25) is 9.59 Å². The minimum atomic E-state index is -0.614. The lowest BCUT2D eigenvalue weighted by Crippen LogP contribution is -2.75. The van der Waals surface area contributed by atoms with Gasteiger partial charge in [-0.1, -0.05) is 26.0 Å². The van der Waals surface area contributed by atoms with Crippen LogP contribution < -0.4 is 18.9 Å². The number of methoxy groups -OCH3 is 2. The molecular weight excluding hydrogens is 360 g/mol. The molecule has 0 unspecified atom stereocenters. The summed E-state index contributed by atoms with van der Waals surface area (Å²) < 4.78 is 21.7. The van der Waals surface area contributed by atoms with Gasteiger partial charge in [-0.25, -0.2) is 0 Å². The molecule has 2 heterocycles. The number of ether oxygens (including phenoxy) is 4. The van der Waals surface area contributed by atoms with E-state index in [1.54, 1.807) is 26.4 Å². The van der Waals surface area contributed by atoms with Crippen LogP contribution in [0.15, 0.2) is 36.4 Å². The van der Waals surface area contributed by atoms with E-state index in [9.17, 15) is 9.59 Å². The standard InChI is InChI=1S/C22H20O6/c1-21-13-7-5-11(25-3)9-15(13)27-19(23)17(21)18-20(24)28-16-10-12(26-4)6-8-14(16)22(18,21)2/h5-10,17-18H,1-4H3/t17-,18+,21+,22-. The quantitative estimate of drug-likeness (QED) is 0.589. The van der Waals surface area contributed by atoms with Crippen molar-refractivity contribution in [1.29, 1.82) is 0 Å². The van der Waals surface area contributed by atoms with Gasteiger partial charge in [0.05, 0.1) is 26.1 Å². The predicted molar refractivity (Wildman–Crippen MR) is 98.9 cm³/mol. The van der Waals surface area contributed by atoms with E-state index in [4.69, 9.17) is 18.9 Å². The molecule has 1 fully saturated rings. The lowest BCUT2D eigenvalue weighted by Gasteiger charge is -2.67. The highest BCUT2D eigenvalue weighted by Crippen LogP contribution is 2.71. The fourth-order valence-corrected chi connectivity index (χ4v) is 5.48. The number of esters is 2. The largest absolute Gasteiger partial charge is 0.497 e. The smallest absolute Gasteiger partial charge is 0.316 e. The van der Waals surface area contributed by atoms with Crippen LogP contribution in [-0.2, 0) is 20.4 Å². The third kappa shape index (κ3) is 1.74. The summed E-state index contributed by atoms with van der Waals surface area (Å²) in [7, 11) is 3.14. The van der Waals surface area contributed by atoms with Gasteiger partial charge in [0.1, 0.15) is 23.0 Å². The summed E-state index contributed by atoms with van der Waals surface area (Å²) in [4.78, 5) is 25.8. The molecule has 6 heteroatoms. The van der Waals surface area contributed by atoms with Crippen molar-refractivity contribution in [2.24, 2.45) is 11.8 Å². The highest BCUT2D eigenvalue weighted by Gasteiger charge is 2.77. The highest BCUT2D eigenvalue weighted by molar-refractivity contribution is 5.95. The molecule has 144 valence electrons. The monoisotopic (exact) mass is 380 g/mol. The second-order valence-electron chi connectivity index (χ2n) is 7.93. The first-order valence-corrected chi connectivity index (χ1v) is 9.16.